The van der Waals surface area contributed by atoms with Crippen molar-refractivity contribution < 1.29 is 18.3 Å². The lowest BCUT2D eigenvalue weighted by Crippen LogP contribution is -2.33. The SMILES string of the molecule is CCCCCCCCCCCCN(CCCCCCCCCCCC)S(=O)(=O)c1cc(I)cc(C(=O)O)c1. The van der Waals surface area contributed by atoms with E-state index in [1.54, 1.807) is 10.4 Å². The summed E-state index contributed by atoms with van der Waals surface area (Å²) in [6.45, 7) is 5.49. The van der Waals surface area contributed by atoms with Gasteiger partial charge in [0.2, 0.25) is 10.0 Å². The van der Waals surface area contributed by atoms with Crippen molar-refractivity contribution in [3.05, 3.63) is 27.3 Å². The van der Waals surface area contributed by atoms with Gasteiger partial charge < -0.3 is 5.11 Å². The highest BCUT2D eigenvalue weighted by atomic mass is 127. The Labute approximate surface area is 247 Å². The minimum absolute atomic E-state index is 0.0216. The summed E-state index contributed by atoms with van der Waals surface area (Å²) in [5.41, 5.74) is 0.0216. The Hall–Kier alpha value is -0.670. The lowest BCUT2D eigenvalue weighted by molar-refractivity contribution is 0.0696. The molecule has 5 nitrogen and oxygen atoms in total. The van der Waals surface area contributed by atoms with E-state index < -0.39 is 16.0 Å². The highest BCUT2D eigenvalue weighted by Gasteiger charge is 2.25. The molecule has 7 heteroatoms. The maximum atomic E-state index is 13.6. The van der Waals surface area contributed by atoms with Gasteiger partial charge in [0, 0.05) is 16.7 Å². The van der Waals surface area contributed by atoms with Gasteiger partial charge in [-0.1, -0.05) is 129 Å². The smallest absolute Gasteiger partial charge is 0.335 e. The molecule has 0 amide bonds. The molecule has 0 aliphatic heterocycles. The molecule has 0 fully saturated rings. The Bertz CT molecular complexity index is 835. The zero-order valence-corrected chi connectivity index (χ0v) is 27.2. The number of aromatic carboxylic acids is 1. The highest BCUT2D eigenvalue weighted by Crippen LogP contribution is 2.23. The molecule has 0 heterocycles. The van der Waals surface area contributed by atoms with Gasteiger partial charge in [-0.25, -0.2) is 13.2 Å². The Kier molecular flexibility index (Phi) is 20.5. The fourth-order valence-electron chi connectivity index (χ4n) is 4.89. The summed E-state index contributed by atoms with van der Waals surface area (Å²) in [5.74, 6) is -1.10. The largest absolute Gasteiger partial charge is 0.478 e. The lowest BCUT2D eigenvalue weighted by Gasteiger charge is -2.23. The second-order valence-corrected chi connectivity index (χ2v) is 13.9. The molecular formula is C31H54INO4S. The van der Waals surface area contributed by atoms with Gasteiger partial charge in [-0.05, 0) is 53.6 Å². The van der Waals surface area contributed by atoms with E-state index in [9.17, 15) is 18.3 Å². The van der Waals surface area contributed by atoms with Gasteiger partial charge in [-0.2, -0.15) is 4.31 Å². The molecule has 0 saturated heterocycles. The third-order valence-electron chi connectivity index (χ3n) is 7.28. The van der Waals surface area contributed by atoms with Crippen LogP contribution in [-0.4, -0.2) is 36.9 Å². The van der Waals surface area contributed by atoms with Crippen molar-refractivity contribution in [3.8, 4) is 0 Å². The van der Waals surface area contributed by atoms with E-state index in [0.717, 1.165) is 38.5 Å². The van der Waals surface area contributed by atoms with Crippen molar-refractivity contribution >= 4 is 38.6 Å². The first-order chi connectivity index (χ1) is 18.3. The monoisotopic (exact) mass is 663 g/mol. The quantitative estimate of drug-likeness (QED) is 0.0835. The molecule has 0 unspecified atom stereocenters. The van der Waals surface area contributed by atoms with E-state index >= 15 is 0 Å². The number of benzene rings is 1. The molecule has 1 rings (SSSR count). The van der Waals surface area contributed by atoms with Crippen LogP contribution in [0.3, 0.4) is 0 Å². The van der Waals surface area contributed by atoms with Gasteiger partial charge in [0.05, 0.1) is 10.5 Å². The Balaban J connectivity index is 2.59. The fraction of sp³-hybridized carbons (Fsp3) is 0.774. The predicted octanol–water partition coefficient (Wildman–Crippen LogP) is 9.82. The summed E-state index contributed by atoms with van der Waals surface area (Å²) in [4.78, 5) is 11.6. The van der Waals surface area contributed by atoms with Crippen molar-refractivity contribution in [2.45, 2.75) is 147 Å². The lowest BCUT2D eigenvalue weighted by atomic mass is 10.1. The number of unbranched alkanes of at least 4 members (excludes halogenated alkanes) is 18. The van der Waals surface area contributed by atoms with Gasteiger partial charge >= 0.3 is 5.97 Å². The Morgan fingerprint density at radius 2 is 1.03 bits per heavy atom. The standard InChI is InChI=1S/C31H54INO4S/c1-3-5-7-9-11-13-15-17-19-21-23-33(24-22-20-18-16-14-12-10-8-6-4-2)38(36,37)30-26-28(31(34)35)25-29(32)27-30/h25-27H,3-24H2,1-2H3,(H,34,35). The number of sulfonamides is 1. The molecule has 0 bridgehead atoms. The molecule has 1 aromatic rings. The first-order valence-corrected chi connectivity index (χ1v) is 17.9. The fourth-order valence-corrected chi connectivity index (χ4v) is 7.36. The van der Waals surface area contributed by atoms with E-state index in [1.807, 2.05) is 22.6 Å². The molecule has 220 valence electrons. The van der Waals surface area contributed by atoms with E-state index in [1.165, 1.54) is 102 Å². The molecule has 0 aliphatic carbocycles. The molecule has 0 spiro atoms. The number of halogens is 1. The first-order valence-electron chi connectivity index (χ1n) is 15.4. The third kappa shape index (κ3) is 15.8. The molecule has 0 aromatic heterocycles. The molecule has 0 aliphatic rings. The predicted molar refractivity (Wildman–Crippen MR) is 169 cm³/mol. The molecule has 0 atom stereocenters. The van der Waals surface area contributed by atoms with Crippen LogP contribution in [-0.2, 0) is 10.0 Å². The summed E-state index contributed by atoms with van der Waals surface area (Å²) >= 11 is 2.00. The first kappa shape index (κ1) is 35.4. The van der Waals surface area contributed by atoms with Gasteiger partial charge in [-0.3, -0.25) is 0 Å². The summed E-state index contributed by atoms with van der Waals surface area (Å²) in [6, 6.07) is 4.41. The molecule has 0 radical (unpaired) electrons. The van der Waals surface area contributed by atoms with Gasteiger partial charge in [0.25, 0.3) is 0 Å². The molecule has 1 N–H and O–H groups in total. The Morgan fingerprint density at radius 3 is 1.39 bits per heavy atom. The molecule has 38 heavy (non-hydrogen) atoms. The van der Waals surface area contributed by atoms with Crippen LogP contribution >= 0.6 is 22.6 Å². The van der Waals surface area contributed by atoms with Crippen LogP contribution < -0.4 is 0 Å². The summed E-state index contributed by atoms with van der Waals surface area (Å²) in [5, 5.41) is 9.44. The van der Waals surface area contributed by atoms with Crippen LogP contribution in [0.5, 0.6) is 0 Å². The van der Waals surface area contributed by atoms with E-state index in [-0.39, 0.29) is 10.5 Å². The summed E-state index contributed by atoms with van der Waals surface area (Å²) in [7, 11) is -3.73. The van der Waals surface area contributed by atoms with Crippen LogP contribution in [0.2, 0.25) is 0 Å². The van der Waals surface area contributed by atoms with Crippen molar-refractivity contribution in [1.29, 1.82) is 0 Å². The van der Waals surface area contributed by atoms with E-state index in [4.69, 9.17) is 0 Å². The van der Waals surface area contributed by atoms with Crippen molar-refractivity contribution in [3.63, 3.8) is 0 Å². The number of nitrogens with zero attached hydrogens (tertiary/aromatic N) is 1. The Morgan fingerprint density at radius 1 is 0.658 bits per heavy atom. The van der Waals surface area contributed by atoms with Crippen LogP contribution in [0, 0.1) is 3.57 Å². The second-order valence-electron chi connectivity index (χ2n) is 10.7. The number of hydrogen-bond donors (Lipinski definition) is 1. The maximum absolute atomic E-state index is 13.6. The van der Waals surface area contributed by atoms with Gasteiger partial charge in [0.1, 0.15) is 0 Å². The van der Waals surface area contributed by atoms with Crippen molar-refractivity contribution in [1.82, 2.24) is 4.31 Å². The number of rotatable bonds is 25. The second kappa shape index (κ2) is 22.1. The normalized spacial score (nSPS) is 11.9. The van der Waals surface area contributed by atoms with Gasteiger partial charge in [0.15, 0.2) is 0 Å². The van der Waals surface area contributed by atoms with Crippen molar-refractivity contribution in [2.75, 3.05) is 13.1 Å². The zero-order valence-electron chi connectivity index (χ0n) is 24.2. The van der Waals surface area contributed by atoms with Gasteiger partial charge in [-0.15, -0.1) is 0 Å². The van der Waals surface area contributed by atoms with Crippen molar-refractivity contribution in [2.24, 2.45) is 0 Å². The molecule has 1 aromatic carbocycles. The van der Waals surface area contributed by atoms with Crippen LogP contribution in [0.4, 0.5) is 0 Å². The minimum atomic E-state index is -3.73. The number of carboxylic acid groups (broad SMARTS) is 1. The van der Waals surface area contributed by atoms with E-state index in [2.05, 4.69) is 13.8 Å². The van der Waals surface area contributed by atoms with Crippen LogP contribution in [0.1, 0.15) is 153 Å². The van der Waals surface area contributed by atoms with E-state index in [0.29, 0.717) is 16.7 Å². The summed E-state index contributed by atoms with van der Waals surface area (Å²) in [6.07, 6.45) is 24.2. The maximum Gasteiger partial charge on any atom is 0.335 e. The van der Waals surface area contributed by atoms with Crippen LogP contribution in [0.15, 0.2) is 23.1 Å². The minimum Gasteiger partial charge on any atom is -0.478 e. The average Bonchev–Trinajstić information content (AvgIpc) is 2.89. The molecule has 0 saturated carbocycles. The number of carboxylic acids is 1. The average molecular weight is 664 g/mol. The third-order valence-corrected chi connectivity index (χ3v) is 9.78. The van der Waals surface area contributed by atoms with Crippen LogP contribution in [0.25, 0.3) is 0 Å². The number of carbonyl (C=O) groups is 1. The zero-order chi connectivity index (χ0) is 28.1. The molecular weight excluding hydrogens is 609 g/mol. The highest BCUT2D eigenvalue weighted by molar-refractivity contribution is 14.1. The number of hydrogen-bond acceptors (Lipinski definition) is 3. The summed E-state index contributed by atoms with van der Waals surface area (Å²) < 4.78 is 29.4. The topological polar surface area (TPSA) is 74.7 Å².